The van der Waals surface area contributed by atoms with Crippen molar-refractivity contribution < 1.29 is 4.79 Å². The quantitative estimate of drug-likeness (QED) is 0.804. The van der Waals surface area contributed by atoms with Crippen LogP contribution in [-0.4, -0.2) is 43.0 Å². The summed E-state index contributed by atoms with van der Waals surface area (Å²) < 4.78 is 0. The van der Waals surface area contributed by atoms with Gasteiger partial charge >= 0.3 is 0 Å². The highest BCUT2D eigenvalue weighted by molar-refractivity contribution is 5.78. The molecule has 1 aromatic rings. The number of carbonyl (C=O) groups is 1. The van der Waals surface area contributed by atoms with Gasteiger partial charge in [0.05, 0.1) is 6.54 Å². The summed E-state index contributed by atoms with van der Waals surface area (Å²) in [7, 11) is 0. The maximum atomic E-state index is 12.0. The summed E-state index contributed by atoms with van der Waals surface area (Å²) in [5.74, 6) is 0.124. The molecule has 0 bridgehead atoms. The fourth-order valence-electron chi connectivity index (χ4n) is 2.70. The van der Waals surface area contributed by atoms with Gasteiger partial charge in [-0.2, -0.15) is 0 Å². The zero-order chi connectivity index (χ0) is 14.9. The number of likely N-dealkylation sites (tertiary alicyclic amines) is 1. The van der Waals surface area contributed by atoms with Crippen molar-refractivity contribution in [1.29, 1.82) is 0 Å². The Labute approximate surface area is 127 Å². The summed E-state index contributed by atoms with van der Waals surface area (Å²) in [5, 5.41) is 6.56. The number of nitrogens with zero attached hydrogens (tertiary/aromatic N) is 1. The third-order valence-electron chi connectivity index (χ3n) is 3.97. The van der Waals surface area contributed by atoms with Crippen LogP contribution in [0.1, 0.15) is 31.7 Å². The van der Waals surface area contributed by atoms with Gasteiger partial charge in [-0.15, -0.1) is 0 Å². The fraction of sp³-hybridized carbons (Fsp3) is 0.588. The monoisotopic (exact) mass is 289 g/mol. The fourth-order valence-corrected chi connectivity index (χ4v) is 2.70. The van der Waals surface area contributed by atoms with Gasteiger partial charge in [-0.05, 0) is 31.4 Å². The number of piperidine rings is 1. The van der Waals surface area contributed by atoms with E-state index in [1.807, 2.05) is 30.3 Å². The van der Waals surface area contributed by atoms with Gasteiger partial charge in [0, 0.05) is 25.7 Å². The summed E-state index contributed by atoms with van der Waals surface area (Å²) in [6.45, 7) is 6.46. The van der Waals surface area contributed by atoms with Crippen LogP contribution in [0.25, 0.3) is 0 Å². The molecule has 1 aliphatic rings. The Morgan fingerprint density at radius 3 is 2.62 bits per heavy atom. The highest BCUT2D eigenvalue weighted by atomic mass is 16.2. The van der Waals surface area contributed by atoms with Crippen LogP contribution >= 0.6 is 0 Å². The lowest BCUT2D eigenvalue weighted by molar-refractivity contribution is -0.122. The summed E-state index contributed by atoms with van der Waals surface area (Å²) in [6, 6.07) is 10.7. The van der Waals surface area contributed by atoms with Crippen LogP contribution in [0, 0.1) is 0 Å². The van der Waals surface area contributed by atoms with E-state index in [1.54, 1.807) is 0 Å². The van der Waals surface area contributed by atoms with Crippen LogP contribution < -0.4 is 10.6 Å². The lowest BCUT2D eigenvalue weighted by Gasteiger charge is -2.31. The minimum Gasteiger partial charge on any atom is -0.351 e. The normalized spacial score (nSPS) is 16.8. The van der Waals surface area contributed by atoms with E-state index in [0.717, 1.165) is 38.0 Å². The van der Waals surface area contributed by atoms with Gasteiger partial charge in [0.25, 0.3) is 0 Å². The summed E-state index contributed by atoms with van der Waals surface area (Å²) >= 11 is 0. The van der Waals surface area contributed by atoms with Gasteiger partial charge in [-0.3, -0.25) is 9.69 Å². The zero-order valence-corrected chi connectivity index (χ0v) is 13.0. The molecular formula is C17H27N3O. The highest BCUT2D eigenvalue weighted by Crippen LogP contribution is 2.09. The first-order valence-corrected chi connectivity index (χ1v) is 8.04. The molecule has 1 saturated heterocycles. The smallest absolute Gasteiger partial charge is 0.234 e. The average molecular weight is 289 g/mol. The lowest BCUT2D eigenvalue weighted by Crippen LogP contribution is -2.46. The maximum Gasteiger partial charge on any atom is 0.234 e. The number of benzene rings is 1. The zero-order valence-electron chi connectivity index (χ0n) is 13.0. The molecule has 116 valence electrons. The van der Waals surface area contributed by atoms with Gasteiger partial charge in [0.1, 0.15) is 0 Å². The summed E-state index contributed by atoms with van der Waals surface area (Å²) in [6.07, 6.45) is 3.47. The topological polar surface area (TPSA) is 44.4 Å². The van der Waals surface area contributed by atoms with Crippen molar-refractivity contribution in [3.63, 3.8) is 0 Å². The molecule has 0 atom stereocenters. The van der Waals surface area contributed by atoms with E-state index in [-0.39, 0.29) is 5.91 Å². The van der Waals surface area contributed by atoms with Crippen LogP contribution in [0.4, 0.5) is 0 Å². The van der Waals surface area contributed by atoms with Crippen LogP contribution in [-0.2, 0) is 11.3 Å². The highest BCUT2D eigenvalue weighted by Gasteiger charge is 2.19. The van der Waals surface area contributed by atoms with E-state index in [1.165, 1.54) is 6.42 Å². The maximum absolute atomic E-state index is 12.0. The first kappa shape index (κ1) is 16.0. The van der Waals surface area contributed by atoms with E-state index in [0.29, 0.717) is 19.1 Å². The Kier molecular flexibility index (Phi) is 6.70. The molecule has 1 aromatic carbocycles. The molecule has 0 saturated carbocycles. The summed E-state index contributed by atoms with van der Waals surface area (Å²) in [4.78, 5) is 14.2. The second-order valence-corrected chi connectivity index (χ2v) is 5.77. The predicted octanol–water partition coefficient (Wildman–Crippen LogP) is 1.77. The Morgan fingerprint density at radius 2 is 1.95 bits per heavy atom. The molecule has 0 aromatic heterocycles. The van der Waals surface area contributed by atoms with Gasteiger partial charge in [0.2, 0.25) is 5.91 Å². The van der Waals surface area contributed by atoms with Gasteiger partial charge < -0.3 is 10.6 Å². The second kappa shape index (κ2) is 8.80. The number of hydrogen-bond donors (Lipinski definition) is 2. The number of carbonyl (C=O) groups excluding carboxylic acids is 1. The third-order valence-corrected chi connectivity index (χ3v) is 3.97. The van der Waals surface area contributed by atoms with Crippen molar-refractivity contribution in [1.82, 2.24) is 15.5 Å². The first-order valence-electron chi connectivity index (χ1n) is 8.04. The molecule has 1 aliphatic heterocycles. The van der Waals surface area contributed by atoms with Crippen molar-refractivity contribution in [3.05, 3.63) is 35.9 Å². The molecule has 0 aliphatic carbocycles. The number of rotatable bonds is 7. The number of nitrogens with one attached hydrogen (secondary N) is 2. The molecule has 0 spiro atoms. The van der Waals surface area contributed by atoms with Gasteiger partial charge in [0.15, 0.2) is 0 Å². The van der Waals surface area contributed by atoms with Crippen LogP contribution in [0.15, 0.2) is 30.3 Å². The lowest BCUT2D eigenvalue weighted by atomic mass is 10.0. The molecule has 2 rings (SSSR count). The Morgan fingerprint density at radius 1 is 1.24 bits per heavy atom. The SMILES string of the molecule is CCCNC1CCN(CC(=O)NCc2ccccc2)CC1. The third kappa shape index (κ3) is 5.86. The molecule has 1 heterocycles. The number of hydrogen-bond acceptors (Lipinski definition) is 3. The minimum absolute atomic E-state index is 0.124. The molecule has 1 fully saturated rings. The molecule has 21 heavy (non-hydrogen) atoms. The van der Waals surface area contributed by atoms with Crippen LogP contribution in [0.3, 0.4) is 0 Å². The molecule has 0 unspecified atom stereocenters. The summed E-state index contributed by atoms with van der Waals surface area (Å²) in [5.41, 5.74) is 1.15. The van der Waals surface area contributed by atoms with Crippen molar-refractivity contribution in [3.8, 4) is 0 Å². The second-order valence-electron chi connectivity index (χ2n) is 5.77. The van der Waals surface area contributed by atoms with Gasteiger partial charge in [-0.1, -0.05) is 37.3 Å². The van der Waals surface area contributed by atoms with Crippen LogP contribution in [0.5, 0.6) is 0 Å². The van der Waals surface area contributed by atoms with E-state index < -0.39 is 0 Å². The van der Waals surface area contributed by atoms with Crippen molar-refractivity contribution in [2.75, 3.05) is 26.2 Å². The molecule has 1 amide bonds. The van der Waals surface area contributed by atoms with E-state index in [4.69, 9.17) is 0 Å². The van der Waals surface area contributed by atoms with E-state index in [2.05, 4.69) is 22.5 Å². The van der Waals surface area contributed by atoms with Crippen molar-refractivity contribution in [2.45, 2.75) is 38.8 Å². The molecular weight excluding hydrogens is 262 g/mol. The van der Waals surface area contributed by atoms with Gasteiger partial charge in [-0.25, -0.2) is 0 Å². The van der Waals surface area contributed by atoms with Crippen molar-refractivity contribution in [2.24, 2.45) is 0 Å². The molecule has 0 radical (unpaired) electrons. The first-order chi connectivity index (χ1) is 10.3. The largest absolute Gasteiger partial charge is 0.351 e. The van der Waals surface area contributed by atoms with Crippen LogP contribution in [0.2, 0.25) is 0 Å². The number of amides is 1. The average Bonchev–Trinajstić information content (AvgIpc) is 2.53. The Hall–Kier alpha value is -1.39. The standard InChI is InChI=1S/C17H27N3O/c1-2-10-18-16-8-11-20(12-9-16)14-17(21)19-13-15-6-4-3-5-7-15/h3-7,16,18H,2,8-14H2,1H3,(H,19,21). The Balaban J connectivity index is 1.63. The minimum atomic E-state index is 0.124. The molecule has 4 nitrogen and oxygen atoms in total. The van der Waals surface area contributed by atoms with Crippen molar-refractivity contribution >= 4 is 5.91 Å². The predicted molar refractivity (Wildman–Crippen MR) is 86.0 cm³/mol. The Bertz CT molecular complexity index is 413. The van der Waals surface area contributed by atoms with E-state index in [9.17, 15) is 4.79 Å². The van der Waals surface area contributed by atoms with E-state index >= 15 is 0 Å². The molecule has 4 heteroatoms. The molecule has 2 N–H and O–H groups in total.